The molecular formula is C12H18N2O5S2. The third-order valence-electron chi connectivity index (χ3n) is 3.05. The van der Waals surface area contributed by atoms with E-state index in [1.807, 2.05) is 0 Å². The van der Waals surface area contributed by atoms with Crippen molar-refractivity contribution in [3.63, 3.8) is 0 Å². The van der Waals surface area contributed by atoms with Crippen LogP contribution in [0.1, 0.15) is 0 Å². The first-order chi connectivity index (χ1) is 10.0. The van der Waals surface area contributed by atoms with Crippen molar-refractivity contribution in [3.05, 3.63) is 17.5 Å². The molecule has 0 bridgehead atoms. The molecule has 1 fully saturated rings. The van der Waals surface area contributed by atoms with Gasteiger partial charge in [0.15, 0.2) is 0 Å². The molecule has 21 heavy (non-hydrogen) atoms. The van der Waals surface area contributed by atoms with E-state index in [0.29, 0.717) is 19.7 Å². The molecule has 1 aliphatic heterocycles. The van der Waals surface area contributed by atoms with E-state index in [0.717, 1.165) is 11.3 Å². The van der Waals surface area contributed by atoms with Crippen molar-refractivity contribution >= 4 is 27.3 Å². The summed E-state index contributed by atoms with van der Waals surface area (Å²) in [4.78, 5) is 13.3. The number of hydrogen-bond acceptors (Lipinski definition) is 6. The molecule has 1 aromatic rings. The Hall–Kier alpha value is -1.00. The van der Waals surface area contributed by atoms with Crippen molar-refractivity contribution in [2.24, 2.45) is 0 Å². The van der Waals surface area contributed by atoms with Crippen LogP contribution in [0.4, 0.5) is 0 Å². The van der Waals surface area contributed by atoms with Crippen molar-refractivity contribution in [3.8, 4) is 0 Å². The third kappa shape index (κ3) is 4.48. The lowest BCUT2D eigenvalue weighted by molar-refractivity contribution is -0.149. The molecule has 1 aromatic heterocycles. The van der Waals surface area contributed by atoms with Crippen LogP contribution in [-0.2, 0) is 24.3 Å². The molecule has 1 unspecified atom stereocenters. The number of methoxy groups -OCH3 is 1. The Bertz CT molecular complexity index is 558. The molecule has 0 aromatic carbocycles. The first kappa shape index (κ1) is 16.4. The van der Waals surface area contributed by atoms with Crippen LogP contribution in [0.3, 0.4) is 0 Å². The molecule has 1 saturated heterocycles. The van der Waals surface area contributed by atoms with Crippen LogP contribution in [0.15, 0.2) is 21.7 Å². The fourth-order valence-corrected chi connectivity index (χ4v) is 4.02. The van der Waals surface area contributed by atoms with Crippen molar-refractivity contribution in [1.29, 1.82) is 0 Å². The molecule has 0 aliphatic carbocycles. The highest BCUT2D eigenvalue weighted by molar-refractivity contribution is 7.91. The molecule has 1 amide bonds. The van der Waals surface area contributed by atoms with Crippen molar-refractivity contribution in [1.82, 2.24) is 9.62 Å². The SMILES string of the molecule is COCCN1CC(CNS(=O)(=O)c2cccs2)OCC1=O. The van der Waals surface area contributed by atoms with Gasteiger partial charge in [0, 0.05) is 26.7 Å². The second kappa shape index (κ2) is 7.32. The minimum Gasteiger partial charge on any atom is -0.383 e. The van der Waals surface area contributed by atoms with Gasteiger partial charge in [-0.1, -0.05) is 6.07 Å². The van der Waals surface area contributed by atoms with Crippen LogP contribution >= 0.6 is 11.3 Å². The Morgan fingerprint density at radius 1 is 1.57 bits per heavy atom. The van der Waals surface area contributed by atoms with E-state index in [1.54, 1.807) is 29.5 Å². The number of thiophene rings is 1. The summed E-state index contributed by atoms with van der Waals surface area (Å²) in [7, 11) is -1.94. The summed E-state index contributed by atoms with van der Waals surface area (Å²) in [5, 5.41) is 1.71. The first-order valence-electron chi connectivity index (χ1n) is 6.44. The van der Waals surface area contributed by atoms with Crippen LogP contribution in [0.25, 0.3) is 0 Å². The number of nitrogens with zero attached hydrogens (tertiary/aromatic N) is 1. The molecule has 0 saturated carbocycles. The summed E-state index contributed by atoms with van der Waals surface area (Å²) in [6, 6.07) is 3.23. The zero-order valence-corrected chi connectivity index (χ0v) is 13.3. The van der Waals surface area contributed by atoms with Gasteiger partial charge >= 0.3 is 0 Å². The van der Waals surface area contributed by atoms with Gasteiger partial charge in [0.05, 0.1) is 12.7 Å². The molecule has 0 spiro atoms. The van der Waals surface area contributed by atoms with E-state index >= 15 is 0 Å². The Balaban J connectivity index is 1.87. The maximum atomic E-state index is 12.0. The number of carbonyl (C=O) groups excluding carboxylic acids is 1. The van der Waals surface area contributed by atoms with E-state index in [4.69, 9.17) is 9.47 Å². The summed E-state index contributed by atoms with van der Waals surface area (Å²) in [5.41, 5.74) is 0. The van der Waals surface area contributed by atoms with Gasteiger partial charge in [0.1, 0.15) is 10.8 Å². The summed E-state index contributed by atoms with van der Waals surface area (Å²) < 4.78 is 37.1. The number of rotatable bonds is 7. The van der Waals surface area contributed by atoms with Crippen molar-refractivity contribution in [2.75, 3.05) is 40.0 Å². The van der Waals surface area contributed by atoms with E-state index < -0.39 is 10.0 Å². The lowest BCUT2D eigenvalue weighted by Gasteiger charge is -2.32. The molecule has 1 atom stereocenters. The molecule has 1 aliphatic rings. The Morgan fingerprint density at radius 3 is 3.05 bits per heavy atom. The highest BCUT2D eigenvalue weighted by Gasteiger charge is 2.27. The average Bonchev–Trinajstić information content (AvgIpc) is 3.00. The molecule has 2 rings (SSSR count). The monoisotopic (exact) mass is 334 g/mol. The van der Waals surface area contributed by atoms with Gasteiger partial charge in [-0.05, 0) is 11.4 Å². The molecule has 9 heteroatoms. The molecule has 2 heterocycles. The van der Waals surface area contributed by atoms with E-state index in [2.05, 4.69) is 4.72 Å². The number of amides is 1. The summed E-state index contributed by atoms with van der Waals surface area (Å²) in [6.07, 6.45) is -0.353. The maximum Gasteiger partial charge on any atom is 0.250 e. The van der Waals surface area contributed by atoms with Gasteiger partial charge < -0.3 is 14.4 Å². The number of hydrogen-bond donors (Lipinski definition) is 1. The van der Waals surface area contributed by atoms with E-state index in [1.165, 1.54) is 0 Å². The van der Waals surface area contributed by atoms with E-state index in [9.17, 15) is 13.2 Å². The molecule has 118 valence electrons. The summed E-state index contributed by atoms with van der Waals surface area (Å²) >= 11 is 1.16. The average molecular weight is 334 g/mol. The number of morpholine rings is 1. The summed E-state index contributed by atoms with van der Waals surface area (Å²) in [5.74, 6) is -0.107. The fraction of sp³-hybridized carbons (Fsp3) is 0.583. The predicted octanol–water partition coefficient (Wildman–Crippen LogP) is -0.0998. The van der Waals surface area contributed by atoms with Crippen LogP contribution < -0.4 is 4.72 Å². The van der Waals surface area contributed by atoms with E-state index in [-0.39, 0.29) is 29.4 Å². The smallest absolute Gasteiger partial charge is 0.250 e. The largest absolute Gasteiger partial charge is 0.383 e. The first-order valence-corrected chi connectivity index (χ1v) is 8.80. The molecular weight excluding hydrogens is 316 g/mol. The number of carbonyl (C=O) groups is 1. The lowest BCUT2D eigenvalue weighted by Crippen LogP contribution is -2.51. The molecule has 0 radical (unpaired) electrons. The second-order valence-electron chi connectivity index (χ2n) is 4.55. The van der Waals surface area contributed by atoms with Gasteiger partial charge in [0.25, 0.3) is 0 Å². The fourth-order valence-electron chi connectivity index (χ4n) is 1.91. The van der Waals surface area contributed by atoms with Gasteiger partial charge in [0.2, 0.25) is 15.9 Å². The summed E-state index contributed by atoms with van der Waals surface area (Å²) in [6.45, 7) is 1.38. The number of nitrogens with one attached hydrogen (secondary N) is 1. The second-order valence-corrected chi connectivity index (χ2v) is 7.49. The van der Waals surface area contributed by atoms with Crippen molar-refractivity contribution in [2.45, 2.75) is 10.3 Å². The Morgan fingerprint density at radius 2 is 2.38 bits per heavy atom. The third-order valence-corrected chi connectivity index (χ3v) is 5.87. The van der Waals surface area contributed by atoms with Crippen molar-refractivity contribution < 1.29 is 22.7 Å². The van der Waals surface area contributed by atoms with Gasteiger partial charge in [-0.2, -0.15) is 0 Å². The molecule has 1 N–H and O–H groups in total. The standard InChI is InChI=1S/C12H18N2O5S2/c1-18-5-4-14-8-10(19-9-11(14)15)7-13-21(16,17)12-3-2-6-20-12/h2-3,6,10,13H,4-5,7-9H2,1H3. The highest BCUT2D eigenvalue weighted by atomic mass is 32.2. The van der Waals surface area contributed by atoms with Crippen LogP contribution in [0.2, 0.25) is 0 Å². The topological polar surface area (TPSA) is 84.9 Å². The van der Waals surface area contributed by atoms with Gasteiger partial charge in [-0.15, -0.1) is 11.3 Å². The van der Waals surface area contributed by atoms with Crippen LogP contribution in [0.5, 0.6) is 0 Å². The maximum absolute atomic E-state index is 12.0. The zero-order valence-electron chi connectivity index (χ0n) is 11.6. The zero-order chi connectivity index (χ0) is 15.3. The Kier molecular flexibility index (Phi) is 5.71. The number of sulfonamides is 1. The van der Waals surface area contributed by atoms with Crippen LogP contribution in [-0.4, -0.2) is 65.3 Å². The minimum atomic E-state index is -3.50. The van der Waals surface area contributed by atoms with Gasteiger partial charge in [-0.25, -0.2) is 13.1 Å². The normalized spacial score (nSPS) is 20.0. The Labute approximate surface area is 127 Å². The van der Waals surface area contributed by atoms with Gasteiger partial charge in [-0.3, -0.25) is 4.79 Å². The quantitative estimate of drug-likeness (QED) is 0.753. The highest BCUT2D eigenvalue weighted by Crippen LogP contribution is 2.15. The minimum absolute atomic E-state index is 0.0326. The lowest BCUT2D eigenvalue weighted by atomic mass is 10.2. The molecule has 7 nitrogen and oxygen atoms in total. The predicted molar refractivity (Wildman–Crippen MR) is 77.7 cm³/mol. The van der Waals surface area contributed by atoms with Crippen LogP contribution in [0, 0.1) is 0 Å². The number of ether oxygens (including phenoxy) is 2.